The van der Waals surface area contributed by atoms with E-state index in [2.05, 4.69) is 5.32 Å². The zero-order valence-electron chi connectivity index (χ0n) is 14.0. The Bertz CT molecular complexity index is 907. The lowest BCUT2D eigenvalue weighted by Gasteiger charge is -2.26. The van der Waals surface area contributed by atoms with Crippen molar-refractivity contribution in [3.8, 4) is 11.5 Å². The average molecular weight is 361 g/mol. The van der Waals surface area contributed by atoms with Crippen LogP contribution in [0.25, 0.3) is 0 Å². The molecule has 1 aliphatic rings. The van der Waals surface area contributed by atoms with Gasteiger partial charge in [0, 0.05) is 11.8 Å². The van der Waals surface area contributed by atoms with E-state index in [0.29, 0.717) is 29.2 Å². The van der Waals surface area contributed by atoms with Gasteiger partial charge in [-0.3, -0.25) is 4.79 Å². The molecule has 1 heterocycles. The van der Waals surface area contributed by atoms with E-state index in [9.17, 15) is 13.2 Å². The Balaban J connectivity index is 1.68. The second kappa shape index (κ2) is 6.76. The first-order valence-electron chi connectivity index (χ1n) is 7.82. The zero-order valence-corrected chi connectivity index (χ0v) is 14.8. The first-order valence-corrected chi connectivity index (χ1v) is 9.71. The van der Waals surface area contributed by atoms with Gasteiger partial charge in [-0.1, -0.05) is 18.2 Å². The molecule has 2 aromatic rings. The normalized spacial score (nSPS) is 16.3. The molecule has 1 atom stereocenters. The molecular formula is C18H19NO5S. The maximum absolute atomic E-state index is 12.4. The minimum atomic E-state index is -3.37. The van der Waals surface area contributed by atoms with E-state index in [4.69, 9.17) is 9.47 Å². The van der Waals surface area contributed by atoms with Crippen molar-refractivity contribution in [2.24, 2.45) is 0 Å². The molecule has 2 aromatic carbocycles. The van der Waals surface area contributed by atoms with Gasteiger partial charge in [-0.25, -0.2) is 8.42 Å². The summed E-state index contributed by atoms with van der Waals surface area (Å²) >= 11 is 0. The van der Waals surface area contributed by atoms with Crippen LogP contribution in [0.1, 0.15) is 15.9 Å². The summed E-state index contributed by atoms with van der Waals surface area (Å²) in [4.78, 5) is 12.6. The molecule has 0 unspecified atom stereocenters. The number of benzene rings is 2. The number of nitrogens with one attached hydrogen (secondary N) is 1. The van der Waals surface area contributed by atoms with Crippen LogP contribution in [-0.2, 0) is 9.84 Å². The summed E-state index contributed by atoms with van der Waals surface area (Å²) in [6, 6.07) is 11.9. The second-order valence-electron chi connectivity index (χ2n) is 5.96. The molecule has 0 spiro atoms. The van der Waals surface area contributed by atoms with Crippen LogP contribution in [0.15, 0.2) is 47.4 Å². The number of carbonyl (C=O) groups is 1. The number of amides is 1. The van der Waals surface area contributed by atoms with Crippen molar-refractivity contribution in [3.63, 3.8) is 0 Å². The number of ether oxygens (including phenoxy) is 2. The summed E-state index contributed by atoms with van der Waals surface area (Å²) < 4.78 is 34.7. The predicted molar refractivity (Wildman–Crippen MR) is 93.0 cm³/mol. The fraction of sp³-hybridized carbons (Fsp3) is 0.278. The van der Waals surface area contributed by atoms with Gasteiger partial charge in [0.15, 0.2) is 21.3 Å². The highest BCUT2D eigenvalue weighted by Gasteiger charge is 2.22. The van der Waals surface area contributed by atoms with Crippen molar-refractivity contribution in [3.05, 3.63) is 53.6 Å². The van der Waals surface area contributed by atoms with E-state index in [1.165, 1.54) is 12.1 Å². The lowest BCUT2D eigenvalue weighted by molar-refractivity contribution is 0.0789. The molecule has 25 heavy (non-hydrogen) atoms. The van der Waals surface area contributed by atoms with Gasteiger partial charge in [0.05, 0.1) is 11.4 Å². The third-order valence-corrected chi connectivity index (χ3v) is 5.05. The molecule has 6 nitrogen and oxygen atoms in total. The second-order valence-corrected chi connectivity index (χ2v) is 7.97. The maximum Gasteiger partial charge on any atom is 0.251 e. The van der Waals surface area contributed by atoms with Crippen molar-refractivity contribution in [1.29, 1.82) is 0 Å². The number of hydrogen-bond acceptors (Lipinski definition) is 5. The summed E-state index contributed by atoms with van der Waals surface area (Å²) in [6.45, 7) is 2.35. The molecule has 7 heteroatoms. The lowest BCUT2D eigenvalue weighted by Crippen LogP contribution is -2.40. The highest BCUT2D eigenvalue weighted by atomic mass is 32.2. The van der Waals surface area contributed by atoms with Crippen molar-refractivity contribution < 1.29 is 22.7 Å². The fourth-order valence-corrected chi connectivity index (χ4v) is 3.19. The Hall–Kier alpha value is -2.54. The van der Waals surface area contributed by atoms with Crippen LogP contribution in [0.4, 0.5) is 0 Å². The van der Waals surface area contributed by atoms with Gasteiger partial charge in [0.25, 0.3) is 5.91 Å². The van der Waals surface area contributed by atoms with Gasteiger partial charge in [-0.15, -0.1) is 0 Å². The van der Waals surface area contributed by atoms with Crippen LogP contribution in [0, 0.1) is 6.92 Å². The van der Waals surface area contributed by atoms with Gasteiger partial charge in [-0.05, 0) is 36.8 Å². The minimum absolute atomic E-state index is 0.120. The molecule has 1 N–H and O–H groups in total. The number of hydrogen-bond donors (Lipinski definition) is 1. The van der Waals surface area contributed by atoms with E-state index in [1.54, 1.807) is 13.0 Å². The maximum atomic E-state index is 12.4. The summed E-state index contributed by atoms with van der Waals surface area (Å²) in [7, 11) is -3.37. The molecule has 132 valence electrons. The third-order valence-electron chi connectivity index (χ3n) is 3.94. The van der Waals surface area contributed by atoms with Crippen molar-refractivity contribution in [2.45, 2.75) is 17.9 Å². The smallest absolute Gasteiger partial charge is 0.251 e. The monoisotopic (exact) mass is 361 g/mol. The van der Waals surface area contributed by atoms with Gasteiger partial charge in [-0.2, -0.15) is 0 Å². The third kappa shape index (κ3) is 3.93. The molecular weight excluding hydrogens is 342 g/mol. The Morgan fingerprint density at radius 3 is 2.64 bits per heavy atom. The highest BCUT2D eigenvalue weighted by Crippen LogP contribution is 2.30. The zero-order chi connectivity index (χ0) is 18.0. The highest BCUT2D eigenvalue weighted by molar-refractivity contribution is 7.90. The summed E-state index contributed by atoms with van der Waals surface area (Å²) in [5, 5.41) is 2.78. The summed E-state index contributed by atoms with van der Waals surface area (Å²) in [5.74, 6) is 0.982. The van der Waals surface area contributed by atoms with Crippen LogP contribution in [0.3, 0.4) is 0 Å². The van der Waals surface area contributed by atoms with E-state index in [0.717, 1.165) is 6.26 Å². The van der Waals surface area contributed by atoms with Gasteiger partial charge >= 0.3 is 0 Å². The first kappa shape index (κ1) is 17.3. The Kier molecular flexibility index (Phi) is 4.67. The Morgan fingerprint density at radius 1 is 1.20 bits per heavy atom. The number of sulfone groups is 1. The molecule has 0 saturated heterocycles. The summed E-state index contributed by atoms with van der Waals surface area (Å²) in [5.41, 5.74) is 1.04. The van der Waals surface area contributed by atoms with E-state index in [1.807, 2.05) is 24.3 Å². The van der Waals surface area contributed by atoms with E-state index in [-0.39, 0.29) is 23.5 Å². The molecule has 0 saturated carbocycles. The molecule has 0 aliphatic carbocycles. The molecule has 0 fully saturated rings. The average Bonchev–Trinajstić information content (AvgIpc) is 2.59. The molecule has 0 aromatic heterocycles. The van der Waals surface area contributed by atoms with Crippen LogP contribution in [0.2, 0.25) is 0 Å². The van der Waals surface area contributed by atoms with Gasteiger partial charge < -0.3 is 14.8 Å². The number of fused-ring (bicyclic) bond motifs is 1. The number of rotatable bonds is 4. The molecule has 1 aliphatic heterocycles. The standard InChI is InChI=1S/C18H19NO5S/c1-12-7-8-14(25(2,21)22)9-15(12)18(20)19-10-13-11-23-16-5-3-4-6-17(16)24-13/h3-9,13H,10-11H2,1-2H3,(H,19,20)/t13-/m0/s1. The van der Waals surface area contributed by atoms with Gasteiger partial charge in [0.2, 0.25) is 0 Å². The van der Waals surface area contributed by atoms with Crippen LogP contribution in [-0.4, -0.2) is 39.8 Å². The van der Waals surface area contributed by atoms with Crippen LogP contribution >= 0.6 is 0 Å². The topological polar surface area (TPSA) is 81.7 Å². The minimum Gasteiger partial charge on any atom is -0.486 e. The Morgan fingerprint density at radius 2 is 1.92 bits per heavy atom. The predicted octanol–water partition coefficient (Wildman–Crippen LogP) is 1.97. The largest absolute Gasteiger partial charge is 0.486 e. The fourth-order valence-electron chi connectivity index (χ4n) is 2.54. The first-order chi connectivity index (χ1) is 11.8. The van der Waals surface area contributed by atoms with Crippen molar-refractivity contribution >= 4 is 15.7 Å². The molecule has 0 bridgehead atoms. The molecule has 1 amide bonds. The van der Waals surface area contributed by atoms with Crippen LogP contribution in [0.5, 0.6) is 11.5 Å². The van der Waals surface area contributed by atoms with E-state index >= 15 is 0 Å². The lowest BCUT2D eigenvalue weighted by atomic mass is 10.1. The van der Waals surface area contributed by atoms with E-state index < -0.39 is 9.84 Å². The van der Waals surface area contributed by atoms with Crippen LogP contribution < -0.4 is 14.8 Å². The number of carbonyl (C=O) groups excluding carboxylic acids is 1. The quantitative estimate of drug-likeness (QED) is 0.900. The number of aryl methyl sites for hydroxylation is 1. The van der Waals surface area contributed by atoms with Crippen molar-refractivity contribution in [1.82, 2.24) is 5.32 Å². The Labute approximate surface area is 146 Å². The van der Waals surface area contributed by atoms with Gasteiger partial charge in [0.1, 0.15) is 12.7 Å². The SMILES string of the molecule is Cc1ccc(S(C)(=O)=O)cc1C(=O)NC[C@H]1COc2ccccc2O1. The molecule has 3 rings (SSSR count). The molecule has 0 radical (unpaired) electrons. The summed E-state index contributed by atoms with van der Waals surface area (Å²) in [6.07, 6.45) is 0.807. The number of para-hydroxylation sites is 2. The van der Waals surface area contributed by atoms with Crippen molar-refractivity contribution in [2.75, 3.05) is 19.4 Å².